The molecular formula is C31H38N4O7. The van der Waals surface area contributed by atoms with E-state index < -0.39 is 58.0 Å². The number of carbonyl (C=O) groups excluding carboxylic acids is 3. The summed E-state index contributed by atoms with van der Waals surface area (Å²) in [6.45, 7) is 0. The summed E-state index contributed by atoms with van der Waals surface area (Å²) in [7, 11) is 8.84. The van der Waals surface area contributed by atoms with Gasteiger partial charge in [-0.2, -0.15) is 0 Å². The number of carbonyl (C=O) groups is 3. The summed E-state index contributed by atoms with van der Waals surface area (Å²) in [5, 5.41) is 45.9. The Balaban J connectivity index is 1.63. The van der Waals surface area contributed by atoms with Crippen LogP contribution in [0.5, 0.6) is 5.75 Å². The predicted octanol–water partition coefficient (Wildman–Crippen LogP) is 1.54. The molecule has 4 unspecified atom stereocenters. The summed E-state index contributed by atoms with van der Waals surface area (Å²) in [6.07, 6.45) is 4.29. The number of anilines is 1. The summed E-state index contributed by atoms with van der Waals surface area (Å²) in [4.78, 5) is 42.9. The minimum absolute atomic E-state index is 0.0534. The predicted molar refractivity (Wildman–Crippen MR) is 156 cm³/mol. The molecule has 4 atom stereocenters. The third-order valence-corrected chi connectivity index (χ3v) is 9.19. The number of likely N-dealkylation sites (N-methyl/N-ethyl adjacent to an activating group) is 1. The molecule has 224 valence electrons. The first kappa shape index (κ1) is 29.4. The molecule has 11 heteroatoms. The molecule has 42 heavy (non-hydrogen) atoms. The second kappa shape index (κ2) is 10.3. The Morgan fingerprint density at radius 1 is 1.14 bits per heavy atom. The molecule has 1 aromatic heterocycles. The minimum atomic E-state index is -2.66. The van der Waals surface area contributed by atoms with E-state index in [2.05, 4.69) is 0 Å². The van der Waals surface area contributed by atoms with Crippen LogP contribution >= 0.6 is 0 Å². The Morgan fingerprint density at radius 2 is 1.83 bits per heavy atom. The average molecular weight is 579 g/mol. The third kappa shape index (κ3) is 4.21. The standard InChI is InChI=1S/C31H38N4O7/c1-33(2)20-14-15(8-6-9-17-10-7-11-35(17)5)25(36)22-18(20)12-16-13-19-24(34(3)4)27(38)23(30(32)41)29(40)31(19,42)28(39)21(16)26(22)37/h7,10-11,14,16,19,24,36-37,40,42H,6,8-9,12-13H2,1-5H3,(H2,32,41). The largest absolute Gasteiger partial charge is 0.508 e. The number of aromatic nitrogens is 1. The van der Waals surface area contributed by atoms with Gasteiger partial charge in [0.15, 0.2) is 11.4 Å². The molecule has 3 aliphatic carbocycles. The zero-order valence-corrected chi connectivity index (χ0v) is 24.5. The molecule has 11 nitrogen and oxygen atoms in total. The van der Waals surface area contributed by atoms with E-state index in [4.69, 9.17) is 5.73 Å². The van der Waals surface area contributed by atoms with Crippen LogP contribution < -0.4 is 10.6 Å². The van der Waals surface area contributed by atoms with Crippen molar-refractivity contribution in [2.45, 2.75) is 43.7 Å². The number of nitrogens with two attached hydrogens (primary N) is 1. The fraction of sp³-hybridized carbons (Fsp3) is 0.452. The molecule has 0 spiro atoms. The van der Waals surface area contributed by atoms with E-state index >= 15 is 0 Å². The van der Waals surface area contributed by atoms with Gasteiger partial charge in [-0.3, -0.25) is 19.3 Å². The summed E-state index contributed by atoms with van der Waals surface area (Å²) in [5.74, 6) is -6.47. The van der Waals surface area contributed by atoms with Crippen LogP contribution in [0.2, 0.25) is 0 Å². The van der Waals surface area contributed by atoms with Gasteiger partial charge in [0.05, 0.1) is 11.6 Å². The van der Waals surface area contributed by atoms with E-state index in [1.807, 2.05) is 55.0 Å². The molecule has 5 rings (SSSR count). The lowest BCUT2D eigenvalue weighted by Gasteiger charge is -2.50. The number of phenolic OH excluding ortho intramolecular Hbond substituents is 1. The molecule has 1 fully saturated rings. The first-order valence-corrected chi connectivity index (χ1v) is 14.0. The van der Waals surface area contributed by atoms with Crippen molar-refractivity contribution in [3.63, 3.8) is 0 Å². The van der Waals surface area contributed by atoms with Gasteiger partial charge < -0.3 is 35.6 Å². The number of aromatic hydroxyl groups is 1. The van der Waals surface area contributed by atoms with Gasteiger partial charge in [0, 0.05) is 50.2 Å². The lowest BCUT2D eigenvalue weighted by Crippen LogP contribution is -2.65. The fourth-order valence-corrected chi connectivity index (χ4v) is 7.15. The average Bonchev–Trinajstić information content (AvgIpc) is 3.31. The number of amides is 1. The first-order valence-electron chi connectivity index (χ1n) is 14.0. The number of aliphatic hydroxyl groups excluding tert-OH is 2. The van der Waals surface area contributed by atoms with E-state index in [1.54, 1.807) is 14.1 Å². The van der Waals surface area contributed by atoms with E-state index in [0.29, 0.717) is 17.5 Å². The molecule has 2 aromatic rings. The fourth-order valence-electron chi connectivity index (χ4n) is 7.15. The van der Waals surface area contributed by atoms with E-state index in [1.165, 1.54) is 4.90 Å². The van der Waals surface area contributed by atoms with Crippen molar-refractivity contribution in [1.29, 1.82) is 0 Å². The number of fused-ring (bicyclic) bond motifs is 3. The Labute approximate surface area is 244 Å². The van der Waals surface area contributed by atoms with Crippen LogP contribution in [0.15, 0.2) is 41.3 Å². The first-order chi connectivity index (χ1) is 19.7. The van der Waals surface area contributed by atoms with Gasteiger partial charge in [0.2, 0.25) is 5.78 Å². The summed E-state index contributed by atoms with van der Waals surface area (Å²) >= 11 is 0. The van der Waals surface area contributed by atoms with Gasteiger partial charge in [-0.05, 0) is 81.4 Å². The molecule has 0 aliphatic heterocycles. The van der Waals surface area contributed by atoms with E-state index in [-0.39, 0.29) is 29.7 Å². The number of rotatable bonds is 7. The van der Waals surface area contributed by atoms with Gasteiger partial charge in [-0.15, -0.1) is 0 Å². The van der Waals surface area contributed by atoms with Crippen LogP contribution in [0.25, 0.3) is 5.76 Å². The zero-order chi connectivity index (χ0) is 30.8. The van der Waals surface area contributed by atoms with Crippen molar-refractivity contribution in [2.75, 3.05) is 33.1 Å². The molecule has 0 saturated heterocycles. The molecule has 1 heterocycles. The highest BCUT2D eigenvalue weighted by molar-refractivity contribution is 6.24. The number of hydrogen-bond acceptors (Lipinski definition) is 9. The molecule has 0 bridgehead atoms. The topological polar surface area (TPSA) is 170 Å². The van der Waals surface area contributed by atoms with Crippen LogP contribution in [0.3, 0.4) is 0 Å². The normalized spacial score (nSPS) is 25.5. The number of aryl methyl sites for hydroxylation is 3. The van der Waals surface area contributed by atoms with E-state index in [9.17, 15) is 34.8 Å². The smallest absolute Gasteiger partial charge is 0.255 e. The monoisotopic (exact) mass is 578 g/mol. The number of aliphatic hydroxyl groups is 3. The lowest BCUT2D eigenvalue weighted by atomic mass is 9.57. The second-order valence-corrected chi connectivity index (χ2v) is 12.1. The number of ketones is 2. The van der Waals surface area contributed by atoms with Crippen molar-refractivity contribution in [2.24, 2.45) is 24.6 Å². The van der Waals surface area contributed by atoms with Crippen molar-refractivity contribution in [3.8, 4) is 5.75 Å². The highest BCUT2D eigenvalue weighted by atomic mass is 16.3. The van der Waals surface area contributed by atoms with Crippen molar-refractivity contribution in [3.05, 3.63) is 63.7 Å². The summed E-state index contributed by atoms with van der Waals surface area (Å²) in [6, 6.07) is 4.79. The van der Waals surface area contributed by atoms with Gasteiger partial charge >= 0.3 is 0 Å². The minimum Gasteiger partial charge on any atom is -0.508 e. The van der Waals surface area contributed by atoms with E-state index in [0.717, 1.165) is 24.2 Å². The van der Waals surface area contributed by atoms with Crippen LogP contribution in [0.1, 0.15) is 35.2 Å². The Kier molecular flexibility index (Phi) is 7.23. The second-order valence-electron chi connectivity index (χ2n) is 12.1. The van der Waals surface area contributed by atoms with Crippen LogP contribution in [-0.2, 0) is 40.7 Å². The van der Waals surface area contributed by atoms with Crippen LogP contribution in [-0.4, -0.2) is 87.2 Å². The van der Waals surface area contributed by atoms with Gasteiger partial charge in [0.1, 0.15) is 22.8 Å². The molecule has 0 radical (unpaired) electrons. The quantitative estimate of drug-likeness (QED) is 0.306. The molecule has 6 N–H and O–H groups in total. The molecule has 1 amide bonds. The highest BCUT2D eigenvalue weighted by Crippen LogP contribution is 2.54. The Bertz CT molecular complexity index is 1570. The van der Waals surface area contributed by atoms with Crippen molar-refractivity contribution < 1.29 is 34.8 Å². The highest BCUT2D eigenvalue weighted by Gasteiger charge is 2.64. The number of primary amides is 1. The number of nitrogens with zero attached hydrogens (tertiary/aromatic N) is 3. The third-order valence-electron chi connectivity index (χ3n) is 9.19. The number of phenols is 1. The number of benzene rings is 1. The SMILES string of the molecule is CN(C)c1cc(CCCc2cccn2C)c(O)c2c1CC1CC3C(N(C)C)C(=O)C(C(N)=O)=C(O)C3(O)C(=O)C1=C2O. The summed E-state index contributed by atoms with van der Waals surface area (Å²) < 4.78 is 2.04. The Morgan fingerprint density at radius 3 is 2.40 bits per heavy atom. The van der Waals surface area contributed by atoms with Crippen molar-refractivity contribution in [1.82, 2.24) is 9.47 Å². The number of hydrogen-bond donors (Lipinski definition) is 5. The maximum absolute atomic E-state index is 14.1. The molecular weight excluding hydrogens is 540 g/mol. The molecule has 1 aromatic carbocycles. The lowest BCUT2D eigenvalue weighted by molar-refractivity contribution is -0.153. The summed E-state index contributed by atoms with van der Waals surface area (Å²) in [5.41, 5.74) is 5.06. The van der Waals surface area contributed by atoms with Crippen LogP contribution in [0.4, 0.5) is 5.69 Å². The van der Waals surface area contributed by atoms with Gasteiger partial charge in [0.25, 0.3) is 5.91 Å². The van der Waals surface area contributed by atoms with Gasteiger partial charge in [-0.25, -0.2) is 0 Å². The van der Waals surface area contributed by atoms with Crippen molar-refractivity contribution >= 4 is 28.9 Å². The van der Waals surface area contributed by atoms with Crippen LogP contribution in [0, 0.1) is 11.8 Å². The molecule has 1 saturated carbocycles. The Hall–Kier alpha value is -4.09. The maximum atomic E-state index is 14.1. The number of Topliss-reactive ketones (excluding diaryl/α,β-unsaturated/α-hetero) is 2. The molecule has 3 aliphatic rings. The zero-order valence-electron chi connectivity index (χ0n) is 24.5. The van der Waals surface area contributed by atoms with Gasteiger partial charge in [-0.1, -0.05) is 0 Å². The maximum Gasteiger partial charge on any atom is 0.255 e.